The van der Waals surface area contributed by atoms with Crippen LogP contribution in [-0.4, -0.2) is 66.1 Å². The van der Waals surface area contributed by atoms with Gasteiger partial charge in [0.05, 0.1) is 23.8 Å². The summed E-state index contributed by atoms with van der Waals surface area (Å²) in [5.41, 5.74) is 20.3. The number of carbonyl (C=O) groups is 2. The molecule has 5 aromatic rings. The molecule has 20 heteroatoms. The van der Waals surface area contributed by atoms with Gasteiger partial charge in [-0.15, -0.1) is 20.5 Å². The van der Waals surface area contributed by atoms with Crippen molar-refractivity contribution in [3.05, 3.63) is 47.3 Å². The van der Waals surface area contributed by atoms with E-state index in [1.807, 2.05) is 13.8 Å². The van der Waals surface area contributed by atoms with Crippen molar-refractivity contribution in [3.8, 4) is 11.6 Å². The zero-order valence-electron chi connectivity index (χ0n) is 26.8. The number of rotatable bonds is 14. The Hall–Kier alpha value is -6.34. The van der Waals surface area contributed by atoms with Crippen LogP contribution in [0.1, 0.15) is 71.6 Å². The van der Waals surface area contributed by atoms with Crippen molar-refractivity contribution < 1.29 is 14.7 Å². The number of anilines is 2. The van der Waals surface area contributed by atoms with E-state index < -0.39 is 11.9 Å². The highest BCUT2D eigenvalue weighted by Gasteiger charge is 2.22. The minimum atomic E-state index is -1.19. The van der Waals surface area contributed by atoms with Crippen LogP contribution in [0.4, 0.5) is 34.6 Å². The topological polar surface area (TPSA) is 279 Å². The van der Waals surface area contributed by atoms with E-state index in [1.165, 1.54) is 37.4 Å². The first-order chi connectivity index (χ1) is 23.0. The van der Waals surface area contributed by atoms with Crippen molar-refractivity contribution in [1.82, 2.24) is 49.1 Å². The Morgan fingerprint density at radius 1 is 0.771 bits per heavy atom. The molecule has 0 aliphatic carbocycles. The predicted octanol–water partition coefficient (Wildman–Crippen LogP) is 3.79. The van der Waals surface area contributed by atoms with E-state index in [9.17, 15) is 14.7 Å². The molecule has 48 heavy (non-hydrogen) atoms. The number of unbranched alkanes of at least 4 members (excludes halogenated alkanes) is 2. The van der Waals surface area contributed by atoms with Gasteiger partial charge in [0.2, 0.25) is 0 Å². The maximum absolute atomic E-state index is 11.9. The average molecular weight is 658 g/mol. The van der Waals surface area contributed by atoms with Gasteiger partial charge in [-0.2, -0.15) is 29.8 Å². The molecule has 0 bridgehead atoms. The summed E-state index contributed by atoms with van der Waals surface area (Å²) < 4.78 is 5.50. The number of carboxylic acids is 1. The number of hydrogen-bond donors (Lipinski definition) is 4. The summed E-state index contributed by atoms with van der Waals surface area (Å²) >= 11 is 0. The van der Waals surface area contributed by atoms with Crippen molar-refractivity contribution in [3.63, 3.8) is 0 Å². The molecule has 0 saturated heterocycles. The second kappa shape index (κ2) is 14.0. The Morgan fingerprint density at radius 3 is 1.67 bits per heavy atom. The number of amides is 1. The summed E-state index contributed by atoms with van der Waals surface area (Å²) in [6, 6.07) is 1.59. The standard InChI is InChI=1S/C28H35N17O3/c1-5-7-9-17-21(36-38-26-15(25(31)46)12-34-42(26)3)23(29)44(40-17)19-11-20(33-14-32-19)45-24(30)22(18(41-45)10-8-6-2)37-39-27-16(28(47)48)13-35-43(27)4/h11-14H,5-10,29-30H2,1-4H3,(H2,31,46)(H,47,48). The van der Waals surface area contributed by atoms with Crippen LogP contribution in [0.5, 0.6) is 0 Å². The first kappa shape index (κ1) is 33.0. The van der Waals surface area contributed by atoms with Crippen LogP contribution < -0.4 is 17.2 Å². The van der Waals surface area contributed by atoms with Crippen molar-refractivity contribution in [1.29, 1.82) is 0 Å². The Labute approximate surface area is 273 Å². The second-order valence-corrected chi connectivity index (χ2v) is 10.7. The summed E-state index contributed by atoms with van der Waals surface area (Å²) in [5, 5.41) is 43.9. The maximum atomic E-state index is 11.9. The number of hydrogen-bond acceptors (Lipinski definition) is 14. The SMILES string of the molecule is CCCCc1nn(-c2cc(-n3nc(CCCC)c(N=Nc4c(C(=O)O)cnn4C)c3N)ncn2)c(N)c1N=Nc1c(C(N)=O)cnn1C. The van der Waals surface area contributed by atoms with Gasteiger partial charge in [0.25, 0.3) is 5.91 Å². The minimum Gasteiger partial charge on any atom is -0.477 e. The van der Waals surface area contributed by atoms with Gasteiger partial charge < -0.3 is 22.3 Å². The molecule has 0 unspecified atom stereocenters. The fraction of sp³-hybridized carbons (Fsp3) is 0.357. The van der Waals surface area contributed by atoms with Crippen molar-refractivity contribution in [2.75, 3.05) is 11.5 Å². The van der Waals surface area contributed by atoms with Crippen molar-refractivity contribution in [2.45, 2.75) is 52.4 Å². The smallest absolute Gasteiger partial charge is 0.341 e. The number of aryl methyl sites for hydroxylation is 4. The third-order valence-corrected chi connectivity index (χ3v) is 7.34. The van der Waals surface area contributed by atoms with E-state index in [4.69, 9.17) is 17.2 Å². The summed E-state index contributed by atoms with van der Waals surface area (Å²) in [4.78, 5) is 32.3. The number of aromatic carboxylic acids is 1. The van der Waals surface area contributed by atoms with Gasteiger partial charge >= 0.3 is 5.97 Å². The number of aromatic nitrogens is 10. The van der Waals surface area contributed by atoms with Crippen LogP contribution in [0.3, 0.4) is 0 Å². The van der Waals surface area contributed by atoms with Gasteiger partial charge in [0.15, 0.2) is 46.3 Å². The molecule has 0 aliphatic rings. The first-order valence-corrected chi connectivity index (χ1v) is 15.0. The molecule has 5 rings (SSSR count). The van der Waals surface area contributed by atoms with Gasteiger partial charge in [-0.05, 0) is 25.7 Å². The quantitative estimate of drug-likeness (QED) is 0.125. The molecule has 0 fully saturated rings. The minimum absolute atomic E-state index is 0.0515. The van der Waals surface area contributed by atoms with E-state index in [-0.39, 0.29) is 45.9 Å². The second-order valence-electron chi connectivity index (χ2n) is 10.7. The lowest BCUT2D eigenvalue weighted by Crippen LogP contribution is -2.10. The van der Waals surface area contributed by atoms with Crippen LogP contribution in [-0.2, 0) is 26.9 Å². The fourth-order valence-corrected chi connectivity index (χ4v) is 4.72. The van der Waals surface area contributed by atoms with Crippen molar-refractivity contribution in [2.24, 2.45) is 40.3 Å². The van der Waals surface area contributed by atoms with Crippen LogP contribution in [0.25, 0.3) is 11.6 Å². The number of nitrogen functional groups attached to an aromatic ring is 2. The van der Waals surface area contributed by atoms with Gasteiger partial charge in [0.1, 0.15) is 17.5 Å². The summed E-state index contributed by atoms with van der Waals surface area (Å²) in [5.74, 6) is -0.798. The highest BCUT2D eigenvalue weighted by molar-refractivity contribution is 5.96. The Balaban J connectivity index is 1.55. The normalized spacial score (nSPS) is 11.8. The number of primary amides is 1. The Kier molecular flexibility index (Phi) is 9.62. The number of carboxylic acid groups (broad SMARTS) is 1. The van der Waals surface area contributed by atoms with Crippen LogP contribution in [0.2, 0.25) is 0 Å². The monoisotopic (exact) mass is 657 g/mol. The molecule has 0 radical (unpaired) electrons. The largest absolute Gasteiger partial charge is 0.477 e. The number of nitrogens with zero attached hydrogens (tertiary/aromatic N) is 14. The molecule has 250 valence electrons. The number of carbonyl (C=O) groups excluding carboxylic acids is 1. The molecule has 0 saturated carbocycles. The summed E-state index contributed by atoms with van der Waals surface area (Å²) in [7, 11) is 3.17. The lowest BCUT2D eigenvalue weighted by Gasteiger charge is -2.06. The Morgan fingerprint density at radius 2 is 1.23 bits per heavy atom. The molecule has 7 N–H and O–H groups in total. The summed E-state index contributed by atoms with van der Waals surface area (Å²) in [6.45, 7) is 4.09. The highest BCUT2D eigenvalue weighted by atomic mass is 16.4. The lowest BCUT2D eigenvalue weighted by molar-refractivity contribution is 0.0697. The zero-order valence-corrected chi connectivity index (χ0v) is 26.8. The van der Waals surface area contributed by atoms with Crippen LogP contribution in [0.15, 0.2) is 45.2 Å². The third-order valence-electron chi connectivity index (χ3n) is 7.34. The average Bonchev–Trinajstić information content (AvgIpc) is 3.80. The zero-order chi connectivity index (χ0) is 34.5. The van der Waals surface area contributed by atoms with E-state index in [1.54, 1.807) is 20.2 Å². The lowest BCUT2D eigenvalue weighted by atomic mass is 10.2. The third kappa shape index (κ3) is 6.48. The molecule has 0 aliphatic heterocycles. The molecular weight excluding hydrogens is 622 g/mol. The van der Waals surface area contributed by atoms with Crippen LogP contribution >= 0.6 is 0 Å². The fourth-order valence-electron chi connectivity index (χ4n) is 4.72. The van der Waals surface area contributed by atoms with Gasteiger partial charge in [0, 0.05) is 20.2 Å². The van der Waals surface area contributed by atoms with E-state index >= 15 is 0 Å². The van der Waals surface area contributed by atoms with Crippen molar-refractivity contribution >= 4 is 46.5 Å². The molecule has 0 atom stereocenters. The molecule has 20 nitrogen and oxygen atoms in total. The van der Waals surface area contributed by atoms with Crippen LogP contribution in [0, 0.1) is 0 Å². The first-order valence-electron chi connectivity index (χ1n) is 15.0. The van der Waals surface area contributed by atoms with Gasteiger partial charge in [-0.1, -0.05) is 26.7 Å². The number of nitrogens with two attached hydrogens (primary N) is 3. The molecular formula is C28H35N17O3. The van der Waals surface area contributed by atoms with Gasteiger partial charge in [-0.25, -0.2) is 24.1 Å². The number of azo groups is 2. The van der Waals surface area contributed by atoms with E-state index in [0.29, 0.717) is 35.7 Å². The van der Waals surface area contributed by atoms with E-state index in [2.05, 4.69) is 50.8 Å². The molecule has 5 aromatic heterocycles. The molecule has 0 spiro atoms. The molecule has 0 aromatic carbocycles. The Bertz CT molecular complexity index is 1890. The predicted molar refractivity (Wildman–Crippen MR) is 173 cm³/mol. The van der Waals surface area contributed by atoms with Gasteiger partial charge in [-0.3, -0.25) is 4.79 Å². The van der Waals surface area contributed by atoms with E-state index in [0.717, 1.165) is 25.7 Å². The molecule has 1 amide bonds. The maximum Gasteiger partial charge on any atom is 0.341 e. The molecule has 5 heterocycles. The summed E-state index contributed by atoms with van der Waals surface area (Å²) in [6.07, 6.45) is 8.29. The highest BCUT2D eigenvalue weighted by Crippen LogP contribution is 2.34.